The summed E-state index contributed by atoms with van der Waals surface area (Å²) in [5.74, 6) is 0.586. The first-order chi connectivity index (χ1) is 15.9. The molecular formula is C24H26N4O4S. The van der Waals surface area contributed by atoms with Gasteiger partial charge in [0, 0.05) is 44.3 Å². The molecule has 0 radical (unpaired) electrons. The molecule has 1 fully saturated rings. The number of aliphatic hydroxyl groups is 1. The smallest absolute Gasteiger partial charge is 0.245 e. The third kappa shape index (κ3) is 5.31. The fourth-order valence-corrected chi connectivity index (χ4v) is 5.50. The van der Waals surface area contributed by atoms with Gasteiger partial charge in [-0.25, -0.2) is 8.42 Å². The molecule has 1 saturated heterocycles. The number of aryl methyl sites for hydroxylation is 1. The van der Waals surface area contributed by atoms with Crippen LogP contribution in [0, 0.1) is 18.3 Å². The summed E-state index contributed by atoms with van der Waals surface area (Å²) in [6.45, 7) is 4.15. The van der Waals surface area contributed by atoms with Crippen LogP contribution in [0.15, 0.2) is 59.6 Å². The summed E-state index contributed by atoms with van der Waals surface area (Å²) in [5.41, 5.74) is 2.01. The van der Waals surface area contributed by atoms with Gasteiger partial charge in [0.15, 0.2) is 0 Å². The van der Waals surface area contributed by atoms with Crippen LogP contribution in [0.25, 0.3) is 10.9 Å². The minimum atomic E-state index is -3.67. The Bertz CT molecular complexity index is 1260. The van der Waals surface area contributed by atoms with Crippen LogP contribution in [0.1, 0.15) is 11.1 Å². The van der Waals surface area contributed by atoms with Crippen LogP contribution in [0.3, 0.4) is 0 Å². The van der Waals surface area contributed by atoms with Gasteiger partial charge in [0.2, 0.25) is 10.0 Å². The Kier molecular flexibility index (Phi) is 6.91. The maximum Gasteiger partial charge on any atom is 0.245 e. The van der Waals surface area contributed by atoms with Crippen molar-refractivity contribution in [3.8, 4) is 11.8 Å². The van der Waals surface area contributed by atoms with E-state index in [9.17, 15) is 13.5 Å². The quantitative estimate of drug-likeness (QED) is 0.569. The van der Waals surface area contributed by atoms with Crippen molar-refractivity contribution in [3.05, 3.63) is 65.9 Å². The van der Waals surface area contributed by atoms with E-state index in [0.29, 0.717) is 49.6 Å². The second-order valence-electron chi connectivity index (χ2n) is 8.15. The number of hydrogen-bond acceptors (Lipinski definition) is 7. The summed E-state index contributed by atoms with van der Waals surface area (Å²) >= 11 is 0. The van der Waals surface area contributed by atoms with E-state index in [4.69, 9.17) is 10.00 Å². The number of nitriles is 1. The summed E-state index contributed by atoms with van der Waals surface area (Å²) in [4.78, 5) is 6.63. The van der Waals surface area contributed by atoms with Gasteiger partial charge in [-0.2, -0.15) is 9.57 Å². The van der Waals surface area contributed by atoms with Crippen molar-refractivity contribution < 1.29 is 18.3 Å². The second-order valence-corrected chi connectivity index (χ2v) is 10.1. The van der Waals surface area contributed by atoms with Crippen LogP contribution in [-0.4, -0.2) is 73.1 Å². The zero-order chi connectivity index (χ0) is 23.4. The van der Waals surface area contributed by atoms with Gasteiger partial charge in [-0.15, -0.1) is 0 Å². The molecule has 33 heavy (non-hydrogen) atoms. The van der Waals surface area contributed by atoms with E-state index in [1.807, 2.05) is 30.0 Å². The first kappa shape index (κ1) is 23.1. The number of para-hydroxylation sites is 1. The van der Waals surface area contributed by atoms with E-state index >= 15 is 0 Å². The molecule has 0 saturated carbocycles. The minimum absolute atomic E-state index is 0.117. The van der Waals surface area contributed by atoms with Gasteiger partial charge in [0.25, 0.3) is 0 Å². The fraction of sp³-hybridized carbons (Fsp3) is 0.333. The molecule has 8 nitrogen and oxygen atoms in total. The number of rotatable bonds is 7. The number of sulfonamides is 1. The molecule has 3 aromatic rings. The van der Waals surface area contributed by atoms with Gasteiger partial charge in [-0.3, -0.25) is 9.88 Å². The largest absolute Gasteiger partial charge is 0.491 e. The highest BCUT2D eigenvalue weighted by atomic mass is 32.2. The lowest BCUT2D eigenvalue weighted by atomic mass is 10.2. The third-order valence-corrected chi connectivity index (χ3v) is 7.58. The van der Waals surface area contributed by atoms with Crippen molar-refractivity contribution in [2.45, 2.75) is 17.9 Å². The molecule has 4 rings (SSSR count). The van der Waals surface area contributed by atoms with Gasteiger partial charge in [-0.05, 0) is 48.9 Å². The molecule has 0 amide bonds. The Balaban J connectivity index is 1.33. The van der Waals surface area contributed by atoms with E-state index < -0.39 is 16.1 Å². The topological polar surface area (TPSA) is 107 Å². The van der Waals surface area contributed by atoms with E-state index in [-0.39, 0.29) is 11.5 Å². The van der Waals surface area contributed by atoms with Crippen molar-refractivity contribution in [1.29, 1.82) is 5.26 Å². The summed E-state index contributed by atoms with van der Waals surface area (Å²) in [6.07, 6.45) is 0.968. The van der Waals surface area contributed by atoms with Gasteiger partial charge >= 0.3 is 0 Å². The van der Waals surface area contributed by atoms with E-state index in [1.54, 1.807) is 42.6 Å². The number of nitrogens with zero attached hydrogens (tertiary/aromatic N) is 4. The maximum atomic E-state index is 13.3. The maximum absolute atomic E-state index is 13.3. The number of aliphatic hydroxyl groups excluding tert-OH is 1. The van der Waals surface area contributed by atoms with Crippen LogP contribution in [-0.2, 0) is 10.0 Å². The number of benzene rings is 2. The molecule has 2 heterocycles. The molecule has 1 atom stereocenters. The molecule has 2 aromatic carbocycles. The Morgan fingerprint density at radius 1 is 1.15 bits per heavy atom. The summed E-state index contributed by atoms with van der Waals surface area (Å²) < 4.78 is 33.7. The molecular weight excluding hydrogens is 440 g/mol. The molecule has 0 aliphatic carbocycles. The van der Waals surface area contributed by atoms with Crippen molar-refractivity contribution in [3.63, 3.8) is 0 Å². The van der Waals surface area contributed by atoms with Gasteiger partial charge in [-0.1, -0.05) is 12.1 Å². The number of hydrogen-bond donors (Lipinski definition) is 1. The number of piperazine rings is 1. The monoisotopic (exact) mass is 466 g/mol. The van der Waals surface area contributed by atoms with Gasteiger partial charge in [0.05, 0.1) is 17.1 Å². The summed E-state index contributed by atoms with van der Waals surface area (Å²) in [6, 6.07) is 15.9. The lowest BCUT2D eigenvalue weighted by Crippen LogP contribution is -2.50. The zero-order valence-electron chi connectivity index (χ0n) is 18.4. The first-order valence-electron chi connectivity index (χ1n) is 10.8. The normalized spacial score (nSPS) is 16.4. The predicted molar refractivity (Wildman–Crippen MR) is 124 cm³/mol. The van der Waals surface area contributed by atoms with E-state index in [1.165, 1.54) is 4.31 Å². The highest BCUT2D eigenvalue weighted by Crippen LogP contribution is 2.25. The lowest BCUT2D eigenvalue weighted by molar-refractivity contribution is 0.0569. The van der Waals surface area contributed by atoms with Crippen LogP contribution < -0.4 is 4.74 Å². The summed E-state index contributed by atoms with van der Waals surface area (Å²) in [5, 5.41) is 20.0. The van der Waals surface area contributed by atoms with Crippen molar-refractivity contribution in [2.75, 3.05) is 39.3 Å². The number of ether oxygens (including phenoxy) is 1. The molecule has 1 aliphatic rings. The highest BCUT2D eigenvalue weighted by molar-refractivity contribution is 7.89. The average Bonchev–Trinajstić information content (AvgIpc) is 2.83. The Morgan fingerprint density at radius 2 is 1.88 bits per heavy atom. The van der Waals surface area contributed by atoms with E-state index in [2.05, 4.69) is 4.98 Å². The van der Waals surface area contributed by atoms with Crippen LogP contribution in [0.2, 0.25) is 0 Å². The Morgan fingerprint density at radius 3 is 2.58 bits per heavy atom. The molecule has 0 spiro atoms. The van der Waals surface area contributed by atoms with Crippen molar-refractivity contribution >= 4 is 20.9 Å². The van der Waals surface area contributed by atoms with Crippen molar-refractivity contribution in [2.24, 2.45) is 0 Å². The SMILES string of the molecule is Cc1cnc2c(S(=O)(=O)N3CCN(C[C@@H](O)COc4ccc(C#N)cc4)CC3)cccc2c1. The van der Waals surface area contributed by atoms with Crippen LogP contribution in [0.4, 0.5) is 0 Å². The average molecular weight is 467 g/mol. The zero-order valence-corrected chi connectivity index (χ0v) is 19.2. The Labute approximate surface area is 193 Å². The Hall–Kier alpha value is -3.03. The number of fused-ring (bicyclic) bond motifs is 1. The van der Waals surface area contributed by atoms with Gasteiger partial charge in [0.1, 0.15) is 23.4 Å². The second kappa shape index (κ2) is 9.85. The first-order valence-corrected chi connectivity index (χ1v) is 12.2. The van der Waals surface area contributed by atoms with Gasteiger partial charge < -0.3 is 9.84 Å². The summed E-state index contributed by atoms with van der Waals surface area (Å²) in [7, 11) is -3.67. The lowest BCUT2D eigenvalue weighted by Gasteiger charge is -2.34. The number of β-amino-alcohol motifs (C(OH)–C–C–N with tert-alkyl or cyclic N) is 1. The third-order valence-electron chi connectivity index (χ3n) is 5.65. The molecule has 0 unspecified atom stereocenters. The fourth-order valence-electron chi connectivity index (χ4n) is 3.91. The molecule has 9 heteroatoms. The molecule has 1 aromatic heterocycles. The molecule has 1 N–H and O–H groups in total. The molecule has 0 bridgehead atoms. The van der Waals surface area contributed by atoms with Crippen molar-refractivity contribution in [1.82, 2.24) is 14.2 Å². The van der Waals surface area contributed by atoms with E-state index in [0.717, 1.165) is 10.9 Å². The highest BCUT2D eigenvalue weighted by Gasteiger charge is 2.30. The predicted octanol–water partition coefficient (Wildman–Crippen LogP) is 2.16. The molecule has 172 valence electrons. The van der Waals surface area contributed by atoms with Crippen LogP contribution >= 0.6 is 0 Å². The number of aromatic nitrogens is 1. The molecule has 1 aliphatic heterocycles. The minimum Gasteiger partial charge on any atom is -0.491 e. The standard InChI is InChI=1S/C24H26N4O4S/c1-18-13-20-3-2-4-23(24(20)26-15-18)33(30,31)28-11-9-27(10-12-28)16-21(29)17-32-22-7-5-19(14-25)6-8-22/h2-8,13,15,21,29H,9-12,16-17H2,1H3/t21-/m1/s1. The van der Waals surface area contributed by atoms with Crippen LogP contribution in [0.5, 0.6) is 5.75 Å². The number of pyridine rings is 1.